The van der Waals surface area contributed by atoms with Crippen LogP contribution in [0.1, 0.15) is 34.6 Å². The van der Waals surface area contributed by atoms with Crippen LogP contribution in [0, 0.1) is 6.92 Å². The van der Waals surface area contributed by atoms with Gasteiger partial charge in [0, 0.05) is 18.3 Å². The van der Waals surface area contributed by atoms with Crippen molar-refractivity contribution in [1.29, 1.82) is 0 Å². The van der Waals surface area contributed by atoms with E-state index in [2.05, 4.69) is 15.6 Å². The Bertz CT molecular complexity index is 787. The van der Waals surface area contributed by atoms with E-state index in [4.69, 9.17) is 16.3 Å². The topological polar surface area (TPSA) is 63.2 Å². The van der Waals surface area contributed by atoms with Gasteiger partial charge in [0.15, 0.2) is 0 Å². The monoisotopic (exact) mass is 383 g/mol. The van der Waals surface area contributed by atoms with Crippen molar-refractivity contribution in [3.63, 3.8) is 0 Å². The molecule has 140 valence electrons. The summed E-state index contributed by atoms with van der Waals surface area (Å²) in [5, 5.41) is 5.99. The number of pyridine rings is 1. The molecule has 26 heavy (non-hydrogen) atoms. The number of ether oxygens (including phenoxy) is 1. The molecule has 2 rings (SSSR count). The van der Waals surface area contributed by atoms with Gasteiger partial charge in [-0.05, 0) is 43.7 Å². The number of halogens is 3. The van der Waals surface area contributed by atoms with Crippen LogP contribution in [0.25, 0.3) is 0 Å². The van der Waals surface area contributed by atoms with E-state index in [1.807, 2.05) is 0 Å². The number of hydrogen-bond acceptors (Lipinski definition) is 4. The van der Waals surface area contributed by atoms with Gasteiger partial charge in [0.05, 0.1) is 11.1 Å². The molecule has 0 aliphatic carbocycles. The number of hydrogen-bond donors (Lipinski definition) is 2. The smallest absolute Gasteiger partial charge is 0.272 e. The minimum absolute atomic E-state index is 0.178. The van der Waals surface area contributed by atoms with Crippen LogP contribution in [0.5, 0.6) is 5.75 Å². The summed E-state index contributed by atoms with van der Waals surface area (Å²) in [6, 6.07) is 7.79. The first-order valence-electron chi connectivity index (χ1n) is 7.98. The Morgan fingerprint density at radius 3 is 2.65 bits per heavy atom. The van der Waals surface area contributed by atoms with E-state index >= 15 is 0 Å². The molecular weight excluding hydrogens is 364 g/mol. The molecule has 0 saturated heterocycles. The van der Waals surface area contributed by atoms with E-state index in [1.165, 1.54) is 6.07 Å². The van der Waals surface area contributed by atoms with Crippen LogP contribution in [0.2, 0.25) is 5.02 Å². The van der Waals surface area contributed by atoms with Gasteiger partial charge < -0.3 is 15.4 Å². The lowest BCUT2D eigenvalue weighted by atomic mass is 10.1. The van der Waals surface area contributed by atoms with Crippen LogP contribution < -0.4 is 15.4 Å². The van der Waals surface area contributed by atoms with Crippen molar-refractivity contribution >= 4 is 23.3 Å². The number of aryl methyl sites for hydroxylation is 1. The number of carbonyl (C=O) groups is 1. The molecule has 0 fully saturated rings. The van der Waals surface area contributed by atoms with Gasteiger partial charge in [-0.2, -0.15) is 0 Å². The predicted octanol–water partition coefficient (Wildman–Crippen LogP) is 4.22. The third kappa shape index (κ3) is 5.29. The maximum absolute atomic E-state index is 12.5. The van der Waals surface area contributed by atoms with Gasteiger partial charge in [-0.15, -0.1) is 0 Å². The van der Waals surface area contributed by atoms with Crippen molar-refractivity contribution < 1.29 is 18.3 Å². The van der Waals surface area contributed by atoms with Gasteiger partial charge in [0.2, 0.25) is 0 Å². The van der Waals surface area contributed by atoms with Gasteiger partial charge in [0.1, 0.15) is 18.2 Å². The standard InChI is InChI=1S/C18H20ClF2N3O2/c1-10-6-13(8-17(22-3)23-10)18(25)24-11(2)12-4-5-15(14(19)7-12)26-9-16(20)21/h4-8,11,16H,9H2,1-3H3,(H,22,23)(H,24,25). The number of nitrogens with one attached hydrogen (secondary N) is 2. The van der Waals surface area contributed by atoms with E-state index in [0.717, 1.165) is 11.3 Å². The molecular formula is C18H20ClF2N3O2. The van der Waals surface area contributed by atoms with Gasteiger partial charge in [-0.3, -0.25) is 4.79 Å². The highest BCUT2D eigenvalue weighted by atomic mass is 35.5. The van der Waals surface area contributed by atoms with Crippen LogP contribution in [0.3, 0.4) is 0 Å². The maximum Gasteiger partial charge on any atom is 0.272 e. The molecule has 1 unspecified atom stereocenters. The van der Waals surface area contributed by atoms with Crippen LogP contribution in [-0.4, -0.2) is 31.0 Å². The lowest BCUT2D eigenvalue weighted by molar-refractivity contribution is 0.0819. The molecule has 5 nitrogen and oxygen atoms in total. The molecule has 0 saturated carbocycles. The lowest BCUT2D eigenvalue weighted by Crippen LogP contribution is -2.27. The zero-order valence-electron chi connectivity index (χ0n) is 14.6. The molecule has 1 aromatic heterocycles. The first-order chi connectivity index (χ1) is 12.3. The van der Waals surface area contributed by atoms with Gasteiger partial charge in [-0.25, -0.2) is 13.8 Å². The summed E-state index contributed by atoms with van der Waals surface area (Å²) in [5.74, 6) is 0.526. The molecule has 0 radical (unpaired) electrons. The van der Waals surface area contributed by atoms with Crippen molar-refractivity contribution in [1.82, 2.24) is 10.3 Å². The maximum atomic E-state index is 12.5. The Morgan fingerprint density at radius 2 is 2.04 bits per heavy atom. The molecule has 8 heteroatoms. The van der Waals surface area contributed by atoms with E-state index < -0.39 is 13.0 Å². The molecule has 0 aliphatic heterocycles. The minimum atomic E-state index is -2.57. The number of nitrogens with zero attached hydrogens (tertiary/aromatic N) is 1. The Hall–Kier alpha value is -2.41. The summed E-state index contributed by atoms with van der Waals surface area (Å²) in [4.78, 5) is 16.7. The lowest BCUT2D eigenvalue weighted by Gasteiger charge is -2.16. The number of amides is 1. The van der Waals surface area contributed by atoms with Gasteiger partial charge in [-0.1, -0.05) is 17.7 Å². The molecule has 0 bridgehead atoms. The molecule has 1 amide bonds. The fourth-order valence-corrected chi connectivity index (χ4v) is 2.59. The van der Waals surface area contributed by atoms with Gasteiger partial charge in [0.25, 0.3) is 12.3 Å². The van der Waals surface area contributed by atoms with Gasteiger partial charge >= 0.3 is 0 Å². The summed E-state index contributed by atoms with van der Waals surface area (Å²) in [6.07, 6.45) is -2.57. The molecule has 1 aromatic carbocycles. The normalized spacial score (nSPS) is 12.0. The molecule has 0 aliphatic rings. The number of anilines is 1. The summed E-state index contributed by atoms with van der Waals surface area (Å²) in [6.45, 7) is 2.88. The van der Waals surface area contributed by atoms with E-state index in [9.17, 15) is 13.6 Å². The molecule has 0 spiro atoms. The Kier molecular flexibility index (Phi) is 6.74. The van der Waals surface area contributed by atoms with Crippen LogP contribution in [0.4, 0.5) is 14.6 Å². The van der Waals surface area contributed by atoms with E-state index in [1.54, 1.807) is 45.2 Å². The first kappa shape index (κ1) is 19.9. The number of alkyl halides is 2. The highest BCUT2D eigenvalue weighted by Gasteiger charge is 2.15. The second-order valence-electron chi connectivity index (χ2n) is 5.72. The quantitative estimate of drug-likeness (QED) is 0.751. The SMILES string of the molecule is CNc1cc(C(=O)NC(C)c2ccc(OCC(F)F)c(Cl)c2)cc(C)n1. The van der Waals surface area contributed by atoms with Crippen molar-refractivity contribution in [3.05, 3.63) is 52.2 Å². The predicted molar refractivity (Wildman–Crippen MR) is 97.4 cm³/mol. The molecule has 1 atom stereocenters. The highest BCUT2D eigenvalue weighted by Crippen LogP contribution is 2.28. The zero-order valence-corrected chi connectivity index (χ0v) is 15.4. The van der Waals surface area contributed by atoms with Crippen molar-refractivity contribution in [2.45, 2.75) is 26.3 Å². The van der Waals surface area contributed by atoms with Crippen LogP contribution in [0.15, 0.2) is 30.3 Å². The fraction of sp³-hybridized carbons (Fsp3) is 0.333. The minimum Gasteiger partial charge on any atom is -0.486 e. The van der Waals surface area contributed by atoms with Crippen LogP contribution in [-0.2, 0) is 0 Å². The van der Waals surface area contributed by atoms with Crippen molar-refractivity contribution in [2.24, 2.45) is 0 Å². The van der Waals surface area contributed by atoms with E-state index in [0.29, 0.717) is 11.4 Å². The number of benzene rings is 1. The number of aromatic nitrogens is 1. The summed E-state index contributed by atoms with van der Waals surface area (Å²) in [5.41, 5.74) is 1.93. The second-order valence-corrected chi connectivity index (χ2v) is 6.13. The summed E-state index contributed by atoms with van der Waals surface area (Å²) >= 11 is 6.07. The number of carbonyl (C=O) groups excluding carboxylic acids is 1. The van der Waals surface area contributed by atoms with E-state index in [-0.39, 0.29) is 22.7 Å². The van der Waals surface area contributed by atoms with Crippen molar-refractivity contribution in [2.75, 3.05) is 19.0 Å². The first-order valence-corrected chi connectivity index (χ1v) is 8.35. The molecule has 2 aromatic rings. The average Bonchev–Trinajstić information content (AvgIpc) is 2.59. The highest BCUT2D eigenvalue weighted by molar-refractivity contribution is 6.32. The Balaban J connectivity index is 2.09. The number of rotatable bonds is 7. The fourth-order valence-electron chi connectivity index (χ4n) is 2.35. The van der Waals surface area contributed by atoms with Crippen LogP contribution >= 0.6 is 11.6 Å². The average molecular weight is 384 g/mol. The summed E-state index contributed by atoms with van der Waals surface area (Å²) in [7, 11) is 1.73. The molecule has 1 heterocycles. The largest absolute Gasteiger partial charge is 0.486 e. The third-order valence-electron chi connectivity index (χ3n) is 3.64. The zero-order chi connectivity index (χ0) is 19.3. The Morgan fingerprint density at radius 1 is 1.31 bits per heavy atom. The van der Waals surface area contributed by atoms with Crippen molar-refractivity contribution in [3.8, 4) is 5.75 Å². The third-order valence-corrected chi connectivity index (χ3v) is 3.94. The Labute approximate surface area is 155 Å². The summed E-state index contributed by atoms with van der Waals surface area (Å²) < 4.78 is 29.4. The molecule has 2 N–H and O–H groups in total. The second kappa shape index (κ2) is 8.80.